The van der Waals surface area contributed by atoms with Crippen LogP contribution in [0.25, 0.3) is 11.1 Å². The molecule has 1 aromatic carbocycles. The molecule has 0 bridgehead atoms. The van der Waals surface area contributed by atoms with Gasteiger partial charge in [0, 0.05) is 33.4 Å². The molecule has 0 spiro atoms. The molecular formula is C26H27ClF2N4O6Si. The van der Waals surface area contributed by atoms with Crippen molar-refractivity contribution in [3.05, 3.63) is 57.9 Å². The number of fused-ring (bicyclic) bond motifs is 2. The summed E-state index contributed by atoms with van der Waals surface area (Å²) in [7, 11) is -0.142. The number of nitrogens with zero attached hydrogens (tertiary/aromatic N) is 3. The molecule has 4 amide bonds. The van der Waals surface area contributed by atoms with Crippen LogP contribution in [0.1, 0.15) is 21.7 Å². The quantitative estimate of drug-likeness (QED) is 0.169. The standard InChI is InChI=1S/C26H27ClF2N4O6Si/c1-37-17-6-5-14-11-32(23(34)20(14)21(17)29)12-26(19-10-16-18(39-19)9-15(28)22(27)30-16)24(35)33(25(36)31-26)13-38-7-8-40(2,3)4/h5-6,9-10H,7-8,11-13H2,1-4H3,(H,31,36)/t26-/m0/s1. The van der Waals surface area contributed by atoms with Gasteiger partial charge >= 0.3 is 6.03 Å². The lowest BCUT2D eigenvalue weighted by Gasteiger charge is -2.29. The molecule has 14 heteroatoms. The van der Waals surface area contributed by atoms with Gasteiger partial charge in [0.05, 0.1) is 19.2 Å². The number of carbonyl (C=O) groups is 3. The van der Waals surface area contributed by atoms with Crippen LogP contribution in [0.4, 0.5) is 13.6 Å². The molecule has 2 aliphatic rings. The lowest BCUT2D eigenvalue weighted by molar-refractivity contribution is -0.136. The number of nitrogens with one attached hydrogen (secondary N) is 1. The average Bonchev–Trinajstić information content (AvgIpc) is 3.50. The van der Waals surface area contributed by atoms with Gasteiger partial charge < -0.3 is 24.1 Å². The third-order valence-electron chi connectivity index (χ3n) is 6.93. The first-order valence-electron chi connectivity index (χ1n) is 12.5. The second kappa shape index (κ2) is 10.1. The largest absolute Gasteiger partial charge is 0.494 e. The molecule has 5 rings (SSSR count). The predicted molar refractivity (Wildman–Crippen MR) is 143 cm³/mol. The molecule has 10 nitrogen and oxygen atoms in total. The maximum Gasteiger partial charge on any atom is 0.327 e. The van der Waals surface area contributed by atoms with E-state index in [-0.39, 0.29) is 41.4 Å². The molecule has 1 fully saturated rings. The van der Waals surface area contributed by atoms with Gasteiger partial charge in [-0.1, -0.05) is 37.3 Å². The highest BCUT2D eigenvalue weighted by molar-refractivity contribution is 6.76. The number of hydrogen-bond donors (Lipinski definition) is 1. The number of furan rings is 1. The molecule has 1 atom stereocenters. The maximum absolute atomic E-state index is 15.0. The smallest absolute Gasteiger partial charge is 0.327 e. The number of imide groups is 1. The Hall–Kier alpha value is -3.55. The van der Waals surface area contributed by atoms with Crippen molar-refractivity contribution < 1.29 is 37.1 Å². The highest BCUT2D eigenvalue weighted by Gasteiger charge is 2.57. The topological polar surface area (TPSA) is 114 Å². The molecule has 4 heterocycles. The van der Waals surface area contributed by atoms with Crippen molar-refractivity contribution in [1.82, 2.24) is 20.1 Å². The molecule has 40 heavy (non-hydrogen) atoms. The van der Waals surface area contributed by atoms with E-state index in [0.29, 0.717) is 12.2 Å². The number of aromatic nitrogens is 1. The van der Waals surface area contributed by atoms with Crippen molar-refractivity contribution in [2.24, 2.45) is 0 Å². The van der Waals surface area contributed by atoms with Crippen molar-refractivity contribution in [2.75, 3.05) is 27.0 Å². The van der Waals surface area contributed by atoms with Crippen LogP contribution in [0.3, 0.4) is 0 Å². The molecule has 2 aromatic heterocycles. The zero-order valence-corrected chi connectivity index (χ0v) is 24.0. The van der Waals surface area contributed by atoms with Crippen molar-refractivity contribution in [1.29, 1.82) is 0 Å². The number of benzene rings is 1. The second-order valence-electron chi connectivity index (χ2n) is 10.9. The predicted octanol–water partition coefficient (Wildman–Crippen LogP) is 4.48. The number of rotatable bonds is 9. The SMILES string of the molecule is COc1ccc2c(c1F)C(=O)N(C[C@@]1(c3cc4nc(Cl)c(F)cc4o3)NC(=O)N(COCC[Si](C)(C)C)C1=O)C2. The highest BCUT2D eigenvalue weighted by atomic mass is 35.5. The number of halogens is 3. The van der Waals surface area contributed by atoms with Gasteiger partial charge in [-0.2, -0.15) is 0 Å². The van der Waals surface area contributed by atoms with E-state index in [0.717, 1.165) is 17.0 Å². The Morgan fingerprint density at radius 1 is 1.20 bits per heavy atom. The van der Waals surface area contributed by atoms with Gasteiger partial charge in [-0.05, 0) is 17.7 Å². The van der Waals surface area contributed by atoms with Gasteiger partial charge in [0.25, 0.3) is 11.8 Å². The third kappa shape index (κ3) is 4.82. The van der Waals surface area contributed by atoms with Crippen molar-refractivity contribution in [3.8, 4) is 5.75 Å². The van der Waals surface area contributed by atoms with Crippen molar-refractivity contribution in [2.45, 2.75) is 37.8 Å². The van der Waals surface area contributed by atoms with Gasteiger partial charge in [0.1, 0.15) is 18.0 Å². The zero-order chi connectivity index (χ0) is 29.0. The molecule has 1 N–H and O–H groups in total. The number of hydrogen-bond acceptors (Lipinski definition) is 7. The molecule has 3 aromatic rings. The van der Waals surface area contributed by atoms with E-state index in [1.54, 1.807) is 6.07 Å². The normalized spacial score (nSPS) is 19.1. The van der Waals surface area contributed by atoms with Crippen LogP contribution in [-0.4, -0.2) is 67.7 Å². The molecule has 0 aliphatic carbocycles. The van der Waals surface area contributed by atoms with Crippen LogP contribution < -0.4 is 10.1 Å². The average molecular weight is 593 g/mol. The van der Waals surface area contributed by atoms with E-state index in [1.807, 2.05) is 0 Å². The van der Waals surface area contributed by atoms with Crippen LogP contribution in [0, 0.1) is 11.6 Å². The Morgan fingerprint density at radius 2 is 1.95 bits per heavy atom. The fourth-order valence-corrected chi connectivity index (χ4v) is 5.63. The Kier molecular flexibility index (Phi) is 7.09. The molecule has 0 saturated carbocycles. The Balaban J connectivity index is 1.51. The fraction of sp³-hybridized carbons (Fsp3) is 0.385. The monoisotopic (exact) mass is 592 g/mol. The number of urea groups is 1. The minimum Gasteiger partial charge on any atom is -0.494 e. The summed E-state index contributed by atoms with van der Waals surface area (Å²) in [4.78, 5) is 46.4. The van der Waals surface area contributed by atoms with Gasteiger partial charge in [-0.25, -0.2) is 23.5 Å². The number of methoxy groups -OCH3 is 1. The minimum absolute atomic E-state index is 0.0185. The van der Waals surface area contributed by atoms with Gasteiger partial charge in [0.15, 0.2) is 33.7 Å². The lowest BCUT2D eigenvalue weighted by atomic mass is 9.95. The first kappa shape index (κ1) is 28.0. The van der Waals surface area contributed by atoms with Crippen LogP contribution in [-0.2, 0) is 21.6 Å². The Morgan fingerprint density at radius 3 is 2.65 bits per heavy atom. The van der Waals surface area contributed by atoms with Crippen molar-refractivity contribution in [3.63, 3.8) is 0 Å². The summed E-state index contributed by atoms with van der Waals surface area (Å²) in [6.07, 6.45) is 0. The molecular weight excluding hydrogens is 566 g/mol. The van der Waals surface area contributed by atoms with E-state index < -0.39 is 54.8 Å². The molecule has 0 unspecified atom stereocenters. The number of ether oxygens (including phenoxy) is 2. The fourth-order valence-electron chi connectivity index (χ4n) is 4.73. The third-order valence-corrected chi connectivity index (χ3v) is 8.90. The van der Waals surface area contributed by atoms with Crippen molar-refractivity contribution >= 4 is 48.6 Å². The summed E-state index contributed by atoms with van der Waals surface area (Å²) >= 11 is 5.83. The van der Waals surface area contributed by atoms with Gasteiger partial charge in [-0.15, -0.1) is 0 Å². The summed E-state index contributed by atoms with van der Waals surface area (Å²) in [5.41, 5.74) is -1.60. The number of amides is 4. The van der Waals surface area contributed by atoms with Crippen LogP contribution in [0.15, 0.2) is 28.7 Å². The summed E-state index contributed by atoms with van der Waals surface area (Å²) < 4.78 is 45.6. The first-order valence-corrected chi connectivity index (χ1v) is 16.6. The van der Waals surface area contributed by atoms with E-state index in [1.165, 1.54) is 24.1 Å². The highest BCUT2D eigenvalue weighted by Crippen LogP contribution is 2.38. The number of carbonyl (C=O) groups excluding carboxylic acids is 3. The first-order chi connectivity index (χ1) is 18.8. The van der Waals surface area contributed by atoms with E-state index in [2.05, 4.69) is 29.9 Å². The summed E-state index contributed by atoms with van der Waals surface area (Å²) in [5, 5.41) is 2.25. The molecule has 212 valence electrons. The van der Waals surface area contributed by atoms with E-state index in [9.17, 15) is 23.2 Å². The van der Waals surface area contributed by atoms with E-state index >= 15 is 0 Å². The minimum atomic E-state index is -1.93. The van der Waals surface area contributed by atoms with E-state index in [4.69, 9.17) is 25.5 Å². The second-order valence-corrected chi connectivity index (χ2v) is 16.9. The van der Waals surface area contributed by atoms with Gasteiger partial charge in [0.2, 0.25) is 0 Å². The number of pyridine rings is 1. The molecule has 0 radical (unpaired) electrons. The van der Waals surface area contributed by atoms with Crippen LogP contribution >= 0.6 is 11.6 Å². The molecule has 1 saturated heterocycles. The Labute approximate surface area is 234 Å². The summed E-state index contributed by atoms with van der Waals surface area (Å²) in [6.45, 7) is 6.10. The summed E-state index contributed by atoms with van der Waals surface area (Å²) in [5.74, 6) is -3.30. The lowest BCUT2D eigenvalue weighted by Crippen LogP contribution is -2.52. The maximum atomic E-state index is 15.0. The zero-order valence-electron chi connectivity index (χ0n) is 22.3. The Bertz CT molecular complexity index is 1500. The summed E-state index contributed by atoms with van der Waals surface area (Å²) in [6, 6.07) is 5.38. The van der Waals surface area contributed by atoms with Gasteiger partial charge in [-0.3, -0.25) is 9.59 Å². The van der Waals surface area contributed by atoms with Crippen LogP contribution in [0.5, 0.6) is 5.75 Å². The molecule has 2 aliphatic heterocycles. The van der Waals surface area contributed by atoms with Crippen LogP contribution in [0.2, 0.25) is 30.8 Å².